The number of nitrogens with one attached hydrogen (secondary N) is 2. The van der Waals surface area contributed by atoms with E-state index in [0.29, 0.717) is 6.04 Å². The Kier molecular flexibility index (Phi) is 3.38. The number of methoxy groups -OCH3 is 1. The van der Waals surface area contributed by atoms with Crippen LogP contribution in [0.3, 0.4) is 0 Å². The Labute approximate surface area is 102 Å². The lowest BCUT2D eigenvalue weighted by Crippen LogP contribution is -2.22. The number of benzene rings is 1. The second-order valence-electron chi connectivity index (χ2n) is 4.68. The number of aromatic nitrogens is 1. The van der Waals surface area contributed by atoms with E-state index in [-0.39, 0.29) is 0 Å². The fourth-order valence-electron chi connectivity index (χ4n) is 1.98. The number of hydrogen-bond acceptors (Lipinski definition) is 2. The molecule has 2 rings (SSSR count). The lowest BCUT2D eigenvalue weighted by atomic mass is 10.1. The summed E-state index contributed by atoms with van der Waals surface area (Å²) < 4.78 is 5.23. The summed E-state index contributed by atoms with van der Waals surface area (Å²) >= 11 is 0. The van der Waals surface area contributed by atoms with Crippen LogP contribution in [0.15, 0.2) is 18.2 Å². The van der Waals surface area contributed by atoms with Crippen LogP contribution in [-0.2, 0) is 6.54 Å². The molecule has 0 aliphatic carbocycles. The molecule has 3 heteroatoms. The number of H-pyrrole nitrogens is 1. The van der Waals surface area contributed by atoms with Gasteiger partial charge in [-0.05, 0) is 24.6 Å². The highest BCUT2D eigenvalue weighted by Gasteiger charge is 2.08. The summed E-state index contributed by atoms with van der Waals surface area (Å²) in [5.41, 5.74) is 3.71. The highest BCUT2D eigenvalue weighted by atomic mass is 16.5. The molecule has 0 unspecified atom stereocenters. The largest absolute Gasteiger partial charge is 0.497 e. The second-order valence-corrected chi connectivity index (χ2v) is 4.68. The van der Waals surface area contributed by atoms with Gasteiger partial charge in [-0.1, -0.05) is 13.8 Å². The molecule has 1 heterocycles. The summed E-state index contributed by atoms with van der Waals surface area (Å²) in [5.74, 6) is 0.891. The van der Waals surface area contributed by atoms with Crippen LogP contribution in [0.2, 0.25) is 0 Å². The van der Waals surface area contributed by atoms with E-state index in [2.05, 4.69) is 37.1 Å². The number of ether oxygens (including phenoxy) is 1. The minimum Gasteiger partial charge on any atom is -0.497 e. The molecule has 1 aromatic carbocycles. The number of aryl methyl sites for hydroxylation is 1. The molecule has 0 radical (unpaired) electrons. The molecule has 92 valence electrons. The molecule has 0 saturated carbocycles. The van der Waals surface area contributed by atoms with Crippen LogP contribution in [0, 0.1) is 6.92 Å². The molecule has 0 fully saturated rings. The van der Waals surface area contributed by atoms with Crippen LogP contribution in [0.4, 0.5) is 0 Å². The molecule has 0 bridgehead atoms. The minimum atomic E-state index is 0.496. The van der Waals surface area contributed by atoms with Crippen molar-refractivity contribution in [3.63, 3.8) is 0 Å². The first kappa shape index (κ1) is 12.0. The van der Waals surface area contributed by atoms with Gasteiger partial charge < -0.3 is 15.0 Å². The summed E-state index contributed by atoms with van der Waals surface area (Å²) in [6.07, 6.45) is 0. The van der Waals surface area contributed by atoms with Gasteiger partial charge in [0.25, 0.3) is 0 Å². The van der Waals surface area contributed by atoms with Crippen LogP contribution in [0.1, 0.15) is 25.1 Å². The monoisotopic (exact) mass is 232 g/mol. The highest BCUT2D eigenvalue weighted by Crippen LogP contribution is 2.25. The van der Waals surface area contributed by atoms with Crippen molar-refractivity contribution in [2.45, 2.75) is 33.4 Å². The minimum absolute atomic E-state index is 0.496. The molecule has 2 N–H and O–H groups in total. The topological polar surface area (TPSA) is 37.0 Å². The summed E-state index contributed by atoms with van der Waals surface area (Å²) in [5, 5.41) is 4.70. The van der Waals surface area contributed by atoms with E-state index in [0.717, 1.165) is 17.8 Å². The molecule has 0 amide bonds. The van der Waals surface area contributed by atoms with Gasteiger partial charge in [-0.15, -0.1) is 0 Å². The van der Waals surface area contributed by atoms with E-state index < -0.39 is 0 Å². The van der Waals surface area contributed by atoms with Crippen molar-refractivity contribution >= 4 is 10.9 Å². The Balaban J connectivity index is 2.34. The van der Waals surface area contributed by atoms with Gasteiger partial charge in [0.15, 0.2) is 0 Å². The lowest BCUT2D eigenvalue weighted by molar-refractivity contribution is 0.415. The molecular formula is C14H20N2O. The van der Waals surface area contributed by atoms with Crippen molar-refractivity contribution < 1.29 is 4.74 Å². The van der Waals surface area contributed by atoms with Crippen molar-refractivity contribution in [1.29, 1.82) is 0 Å². The van der Waals surface area contributed by atoms with Gasteiger partial charge in [0.1, 0.15) is 5.75 Å². The first-order valence-electron chi connectivity index (χ1n) is 6.00. The average molecular weight is 232 g/mol. The standard InChI is InChI=1S/C14H20N2O/c1-9(2)15-8-14-10(3)12-6-5-11(17-4)7-13(12)16-14/h5-7,9,15-16H,8H2,1-4H3. The molecule has 0 atom stereocenters. The van der Waals surface area contributed by atoms with Crippen molar-refractivity contribution in [3.8, 4) is 5.75 Å². The van der Waals surface area contributed by atoms with Gasteiger partial charge >= 0.3 is 0 Å². The van der Waals surface area contributed by atoms with Crippen LogP contribution in [-0.4, -0.2) is 18.1 Å². The van der Waals surface area contributed by atoms with E-state index in [9.17, 15) is 0 Å². The Bertz CT molecular complexity index is 514. The van der Waals surface area contributed by atoms with Gasteiger partial charge in [0.2, 0.25) is 0 Å². The van der Waals surface area contributed by atoms with Crippen LogP contribution in [0.5, 0.6) is 5.75 Å². The maximum Gasteiger partial charge on any atom is 0.120 e. The van der Waals surface area contributed by atoms with E-state index in [1.807, 2.05) is 12.1 Å². The van der Waals surface area contributed by atoms with Gasteiger partial charge in [0, 0.05) is 35.2 Å². The lowest BCUT2D eigenvalue weighted by Gasteiger charge is -2.07. The maximum absolute atomic E-state index is 5.23. The molecular weight excluding hydrogens is 212 g/mol. The Morgan fingerprint density at radius 2 is 2.12 bits per heavy atom. The van der Waals surface area contributed by atoms with Crippen LogP contribution in [0.25, 0.3) is 10.9 Å². The highest BCUT2D eigenvalue weighted by molar-refractivity contribution is 5.85. The molecule has 2 aromatic rings. The smallest absolute Gasteiger partial charge is 0.120 e. The van der Waals surface area contributed by atoms with Gasteiger partial charge in [-0.25, -0.2) is 0 Å². The molecule has 0 aliphatic heterocycles. The fraction of sp³-hybridized carbons (Fsp3) is 0.429. The van der Waals surface area contributed by atoms with Crippen molar-refractivity contribution in [2.24, 2.45) is 0 Å². The zero-order valence-electron chi connectivity index (χ0n) is 10.9. The molecule has 0 spiro atoms. The van der Waals surface area contributed by atoms with Gasteiger partial charge in [-0.3, -0.25) is 0 Å². The van der Waals surface area contributed by atoms with E-state index in [1.54, 1.807) is 7.11 Å². The zero-order valence-corrected chi connectivity index (χ0v) is 10.9. The fourth-order valence-corrected chi connectivity index (χ4v) is 1.98. The number of hydrogen-bond donors (Lipinski definition) is 2. The van der Waals surface area contributed by atoms with Gasteiger partial charge in [0.05, 0.1) is 7.11 Å². The van der Waals surface area contributed by atoms with E-state index >= 15 is 0 Å². The predicted octanol–water partition coefficient (Wildman–Crippen LogP) is 2.98. The maximum atomic E-state index is 5.23. The molecule has 3 nitrogen and oxygen atoms in total. The third-order valence-electron chi connectivity index (χ3n) is 3.06. The molecule has 0 aliphatic rings. The third-order valence-corrected chi connectivity index (χ3v) is 3.06. The average Bonchev–Trinajstić information content (AvgIpc) is 2.63. The van der Waals surface area contributed by atoms with Crippen molar-refractivity contribution in [1.82, 2.24) is 10.3 Å². The third kappa shape index (κ3) is 2.44. The first-order valence-corrected chi connectivity index (χ1v) is 6.00. The SMILES string of the molecule is COc1ccc2c(C)c(CNC(C)C)[nH]c2c1. The Hall–Kier alpha value is -1.48. The van der Waals surface area contributed by atoms with Crippen molar-refractivity contribution in [3.05, 3.63) is 29.5 Å². The predicted molar refractivity (Wildman–Crippen MR) is 71.6 cm³/mol. The van der Waals surface area contributed by atoms with E-state index in [4.69, 9.17) is 4.74 Å². The quantitative estimate of drug-likeness (QED) is 0.850. The molecule has 1 aromatic heterocycles. The van der Waals surface area contributed by atoms with Gasteiger partial charge in [-0.2, -0.15) is 0 Å². The first-order chi connectivity index (χ1) is 8.11. The van der Waals surface area contributed by atoms with Crippen LogP contribution >= 0.6 is 0 Å². The Morgan fingerprint density at radius 1 is 1.35 bits per heavy atom. The summed E-state index contributed by atoms with van der Waals surface area (Å²) in [6, 6.07) is 6.65. The second kappa shape index (κ2) is 4.80. The zero-order chi connectivity index (χ0) is 12.4. The number of aromatic amines is 1. The van der Waals surface area contributed by atoms with Crippen molar-refractivity contribution in [2.75, 3.05) is 7.11 Å². The Morgan fingerprint density at radius 3 is 2.76 bits per heavy atom. The van der Waals surface area contributed by atoms with E-state index in [1.165, 1.54) is 16.6 Å². The number of rotatable bonds is 4. The normalized spacial score (nSPS) is 11.4. The summed E-state index contributed by atoms with van der Waals surface area (Å²) in [4.78, 5) is 3.45. The summed E-state index contributed by atoms with van der Waals surface area (Å²) in [6.45, 7) is 7.34. The summed E-state index contributed by atoms with van der Waals surface area (Å²) in [7, 11) is 1.69. The van der Waals surface area contributed by atoms with Crippen LogP contribution < -0.4 is 10.1 Å². The molecule has 17 heavy (non-hydrogen) atoms. The molecule has 0 saturated heterocycles. The number of fused-ring (bicyclic) bond motifs is 1.